The Kier molecular flexibility index (Phi) is 2.67. The first kappa shape index (κ1) is 10.3. The molecule has 0 aromatic carbocycles. The average molecular weight is 237 g/mol. The fourth-order valence-electron chi connectivity index (χ4n) is 2.03. The Morgan fingerprint density at radius 2 is 2.44 bits per heavy atom. The number of nitrogens with zero attached hydrogens (tertiary/aromatic N) is 2. The second-order valence-electron chi connectivity index (χ2n) is 4.10. The van der Waals surface area contributed by atoms with Crippen molar-refractivity contribution in [2.45, 2.75) is 19.4 Å². The van der Waals surface area contributed by atoms with Crippen molar-refractivity contribution >= 4 is 16.3 Å². The van der Waals surface area contributed by atoms with Crippen molar-refractivity contribution in [1.29, 1.82) is 0 Å². The molecule has 1 fully saturated rings. The molecule has 1 N–H and O–H groups in total. The van der Waals surface area contributed by atoms with Gasteiger partial charge in [-0.1, -0.05) is 0 Å². The van der Waals surface area contributed by atoms with Crippen LogP contribution in [0.2, 0.25) is 0 Å². The molecular weight excluding hydrogens is 222 g/mol. The molecule has 1 atom stereocenters. The Labute approximate surface area is 98.3 Å². The lowest BCUT2D eigenvalue weighted by Gasteiger charge is -2.10. The van der Waals surface area contributed by atoms with Crippen LogP contribution in [0.1, 0.15) is 23.1 Å². The van der Waals surface area contributed by atoms with Gasteiger partial charge in [-0.05, 0) is 19.9 Å². The molecule has 0 aliphatic carbocycles. The topological polar surface area (TPSA) is 38.6 Å². The highest BCUT2D eigenvalue weighted by Crippen LogP contribution is 2.24. The number of hydrogen-bond donors (Lipinski definition) is 1. The highest BCUT2D eigenvalue weighted by Gasteiger charge is 2.18. The van der Waals surface area contributed by atoms with Crippen LogP contribution in [0, 0.1) is 6.92 Å². The van der Waals surface area contributed by atoms with Crippen LogP contribution in [-0.4, -0.2) is 29.1 Å². The number of ether oxygens (including phenoxy) is 1. The molecule has 3 rings (SSSR count). The quantitative estimate of drug-likeness (QED) is 0.821. The molecule has 0 saturated carbocycles. The van der Waals surface area contributed by atoms with Crippen molar-refractivity contribution in [3.63, 3.8) is 0 Å². The molecule has 5 heteroatoms. The average Bonchev–Trinajstić information content (AvgIpc) is 2.65. The van der Waals surface area contributed by atoms with E-state index in [2.05, 4.69) is 34.0 Å². The molecule has 0 radical (unpaired) electrons. The maximum Gasteiger partial charge on any atom is 0.194 e. The molecule has 0 bridgehead atoms. The van der Waals surface area contributed by atoms with Crippen molar-refractivity contribution < 1.29 is 4.74 Å². The van der Waals surface area contributed by atoms with E-state index in [0.717, 1.165) is 36.8 Å². The fraction of sp³-hybridized carbons (Fsp3) is 0.545. The Morgan fingerprint density at radius 3 is 3.31 bits per heavy atom. The van der Waals surface area contributed by atoms with Crippen LogP contribution < -0.4 is 5.32 Å². The minimum absolute atomic E-state index is 0.155. The summed E-state index contributed by atoms with van der Waals surface area (Å²) in [6.45, 7) is 4.83. The van der Waals surface area contributed by atoms with Crippen molar-refractivity contribution in [3.8, 4) is 0 Å². The number of nitrogens with one attached hydrogen (secondary N) is 1. The van der Waals surface area contributed by atoms with E-state index < -0.39 is 0 Å². The molecule has 1 aliphatic rings. The monoisotopic (exact) mass is 237 g/mol. The molecule has 1 aliphatic heterocycles. The van der Waals surface area contributed by atoms with E-state index >= 15 is 0 Å². The van der Waals surface area contributed by atoms with Crippen molar-refractivity contribution in [3.05, 3.63) is 23.0 Å². The van der Waals surface area contributed by atoms with Crippen LogP contribution in [0.25, 0.3) is 4.96 Å². The van der Waals surface area contributed by atoms with Gasteiger partial charge in [0, 0.05) is 23.8 Å². The largest absolute Gasteiger partial charge is 0.370 e. The van der Waals surface area contributed by atoms with Crippen molar-refractivity contribution in [2.75, 3.05) is 19.7 Å². The molecule has 2 aromatic rings. The summed E-state index contributed by atoms with van der Waals surface area (Å²) in [5.41, 5.74) is 1.06. The van der Waals surface area contributed by atoms with E-state index in [-0.39, 0.29) is 6.10 Å². The summed E-state index contributed by atoms with van der Waals surface area (Å²) in [5, 5.41) is 3.33. The lowest BCUT2D eigenvalue weighted by atomic mass is 10.2. The lowest BCUT2D eigenvalue weighted by molar-refractivity contribution is 0.0617. The van der Waals surface area contributed by atoms with Gasteiger partial charge in [-0.3, -0.25) is 4.40 Å². The van der Waals surface area contributed by atoms with E-state index in [1.54, 1.807) is 11.3 Å². The molecular formula is C11H15N3OS. The SMILES string of the molecule is Cc1cn2cc(C3CCNCCO3)nc2s1. The molecule has 4 nitrogen and oxygen atoms in total. The normalized spacial score (nSPS) is 22.4. The number of imidazole rings is 1. The number of aryl methyl sites for hydroxylation is 1. The molecule has 16 heavy (non-hydrogen) atoms. The summed E-state index contributed by atoms with van der Waals surface area (Å²) in [7, 11) is 0. The molecule has 86 valence electrons. The van der Waals surface area contributed by atoms with Crippen LogP contribution in [-0.2, 0) is 4.74 Å². The van der Waals surface area contributed by atoms with Gasteiger partial charge in [-0.25, -0.2) is 4.98 Å². The highest BCUT2D eigenvalue weighted by atomic mass is 32.1. The Hall–Kier alpha value is -0.910. The summed E-state index contributed by atoms with van der Waals surface area (Å²) in [5.74, 6) is 0. The number of aromatic nitrogens is 2. The minimum Gasteiger partial charge on any atom is -0.370 e. The fourth-order valence-corrected chi connectivity index (χ4v) is 2.85. The Bertz CT molecular complexity index is 451. The van der Waals surface area contributed by atoms with Crippen LogP contribution >= 0.6 is 11.3 Å². The number of rotatable bonds is 1. The molecule has 3 heterocycles. The zero-order valence-corrected chi connectivity index (χ0v) is 10.1. The number of hydrogen-bond acceptors (Lipinski definition) is 4. The third-order valence-corrected chi connectivity index (χ3v) is 3.71. The smallest absolute Gasteiger partial charge is 0.194 e. The van der Waals surface area contributed by atoms with Gasteiger partial charge in [0.15, 0.2) is 4.96 Å². The number of fused-ring (bicyclic) bond motifs is 1. The van der Waals surface area contributed by atoms with Gasteiger partial charge in [0.2, 0.25) is 0 Å². The molecule has 1 saturated heterocycles. The summed E-state index contributed by atoms with van der Waals surface area (Å²) in [4.78, 5) is 6.98. The van der Waals surface area contributed by atoms with Gasteiger partial charge < -0.3 is 10.1 Å². The van der Waals surface area contributed by atoms with E-state index in [4.69, 9.17) is 4.74 Å². The first-order valence-electron chi connectivity index (χ1n) is 5.60. The predicted molar refractivity (Wildman–Crippen MR) is 64.0 cm³/mol. The minimum atomic E-state index is 0.155. The summed E-state index contributed by atoms with van der Waals surface area (Å²) in [6, 6.07) is 0. The zero-order chi connectivity index (χ0) is 11.0. The van der Waals surface area contributed by atoms with E-state index in [9.17, 15) is 0 Å². The highest BCUT2D eigenvalue weighted by molar-refractivity contribution is 7.16. The molecule has 0 amide bonds. The van der Waals surface area contributed by atoms with E-state index in [1.165, 1.54) is 4.88 Å². The maximum absolute atomic E-state index is 5.78. The van der Waals surface area contributed by atoms with Crippen LogP contribution in [0.15, 0.2) is 12.4 Å². The van der Waals surface area contributed by atoms with Gasteiger partial charge in [0.25, 0.3) is 0 Å². The van der Waals surface area contributed by atoms with Gasteiger partial charge in [0.05, 0.1) is 12.3 Å². The van der Waals surface area contributed by atoms with Gasteiger partial charge in [0.1, 0.15) is 6.10 Å². The van der Waals surface area contributed by atoms with Gasteiger partial charge in [-0.2, -0.15) is 0 Å². The van der Waals surface area contributed by atoms with Crippen LogP contribution in [0.4, 0.5) is 0 Å². The Balaban J connectivity index is 1.89. The standard InChI is InChI=1S/C11H15N3OS/c1-8-6-14-7-9(13-11(14)16-8)10-2-3-12-4-5-15-10/h6-7,10,12H,2-5H2,1H3. The third kappa shape index (κ3) is 1.86. The zero-order valence-electron chi connectivity index (χ0n) is 9.27. The van der Waals surface area contributed by atoms with Gasteiger partial charge in [-0.15, -0.1) is 11.3 Å². The van der Waals surface area contributed by atoms with E-state index in [1.807, 2.05) is 0 Å². The first-order valence-corrected chi connectivity index (χ1v) is 6.42. The first-order chi connectivity index (χ1) is 7.83. The molecule has 0 spiro atoms. The maximum atomic E-state index is 5.78. The Morgan fingerprint density at radius 1 is 1.50 bits per heavy atom. The third-order valence-electron chi connectivity index (χ3n) is 2.80. The summed E-state index contributed by atoms with van der Waals surface area (Å²) in [6.07, 6.45) is 5.37. The van der Waals surface area contributed by atoms with Crippen molar-refractivity contribution in [1.82, 2.24) is 14.7 Å². The van der Waals surface area contributed by atoms with Crippen molar-refractivity contribution in [2.24, 2.45) is 0 Å². The number of thiazole rings is 1. The van der Waals surface area contributed by atoms with Gasteiger partial charge >= 0.3 is 0 Å². The lowest BCUT2D eigenvalue weighted by Crippen LogP contribution is -2.16. The second kappa shape index (κ2) is 4.16. The van der Waals surface area contributed by atoms with Crippen LogP contribution in [0.5, 0.6) is 0 Å². The van der Waals surface area contributed by atoms with Crippen LogP contribution in [0.3, 0.4) is 0 Å². The summed E-state index contributed by atoms with van der Waals surface area (Å²) >= 11 is 1.72. The second-order valence-corrected chi connectivity index (χ2v) is 5.31. The molecule has 1 unspecified atom stereocenters. The van der Waals surface area contributed by atoms with E-state index in [0.29, 0.717) is 0 Å². The predicted octanol–water partition coefficient (Wildman–Crippen LogP) is 1.76. The molecule has 2 aromatic heterocycles. The summed E-state index contributed by atoms with van der Waals surface area (Å²) < 4.78 is 7.88.